The van der Waals surface area contributed by atoms with E-state index in [4.69, 9.17) is 0 Å². The van der Waals surface area contributed by atoms with Gasteiger partial charge in [-0.3, -0.25) is 0 Å². The van der Waals surface area contributed by atoms with Gasteiger partial charge in [-0.15, -0.1) is 0 Å². The number of hydrogen-bond donors (Lipinski definition) is 3. The Balaban J connectivity index is 1.39. The molecule has 5 heteroatoms. The highest BCUT2D eigenvalue weighted by molar-refractivity contribution is 5.80. The molecule has 1 fully saturated rings. The molecule has 1 heterocycles. The molecule has 2 amide bonds. The van der Waals surface area contributed by atoms with E-state index in [0.29, 0.717) is 13.1 Å². The van der Waals surface area contributed by atoms with Crippen molar-refractivity contribution >= 4 is 16.9 Å². The van der Waals surface area contributed by atoms with Crippen molar-refractivity contribution in [3.05, 3.63) is 71.9 Å². The van der Waals surface area contributed by atoms with Crippen molar-refractivity contribution in [2.75, 3.05) is 6.54 Å². The number of urea groups is 1. The molecule has 1 saturated carbocycles. The number of amides is 2. The van der Waals surface area contributed by atoms with E-state index in [-0.39, 0.29) is 12.1 Å². The first-order valence-electron chi connectivity index (χ1n) is 9.05. The number of nitrogens with zero attached hydrogens (tertiary/aromatic N) is 1. The Bertz CT molecular complexity index is 853. The smallest absolute Gasteiger partial charge is 0.318 e. The minimum absolute atomic E-state index is 0.124. The number of aliphatic hydroxyl groups is 1. The summed E-state index contributed by atoms with van der Waals surface area (Å²) in [6, 6.07) is 19.7. The van der Waals surface area contributed by atoms with E-state index in [0.717, 1.165) is 35.0 Å². The number of H-pyrrole nitrogens is 1. The second-order valence-electron chi connectivity index (χ2n) is 6.85. The summed E-state index contributed by atoms with van der Waals surface area (Å²) in [7, 11) is 0. The first kappa shape index (κ1) is 16.7. The SMILES string of the molecule is O=C(NCc1cc2ccccc2[nH]1)N(C[C@@H](O)c1ccccc1)C1CC1. The number of aromatic nitrogens is 1. The molecule has 3 aromatic rings. The van der Waals surface area contributed by atoms with Crippen LogP contribution in [0.25, 0.3) is 10.9 Å². The van der Waals surface area contributed by atoms with E-state index < -0.39 is 6.10 Å². The average Bonchev–Trinajstić information content (AvgIpc) is 3.43. The molecule has 1 atom stereocenters. The Morgan fingerprint density at radius 1 is 1.15 bits per heavy atom. The summed E-state index contributed by atoms with van der Waals surface area (Å²) in [4.78, 5) is 17.8. The lowest BCUT2D eigenvalue weighted by Crippen LogP contribution is -2.43. The number of para-hydroxylation sites is 1. The van der Waals surface area contributed by atoms with Crippen molar-refractivity contribution in [1.82, 2.24) is 15.2 Å². The minimum Gasteiger partial charge on any atom is -0.387 e. The maximum Gasteiger partial charge on any atom is 0.318 e. The van der Waals surface area contributed by atoms with Gasteiger partial charge in [-0.05, 0) is 35.9 Å². The van der Waals surface area contributed by atoms with Crippen LogP contribution in [-0.2, 0) is 6.54 Å². The zero-order chi connectivity index (χ0) is 17.9. The van der Waals surface area contributed by atoms with Gasteiger partial charge in [0.05, 0.1) is 19.2 Å². The predicted octanol–water partition coefficient (Wildman–Crippen LogP) is 3.58. The molecule has 0 radical (unpaired) electrons. The maximum atomic E-state index is 12.7. The summed E-state index contributed by atoms with van der Waals surface area (Å²) in [5.41, 5.74) is 2.87. The van der Waals surface area contributed by atoms with Gasteiger partial charge in [-0.1, -0.05) is 48.5 Å². The molecule has 0 saturated heterocycles. The number of carbonyl (C=O) groups is 1. The fraction of sp³-hybridized carbons (Fsp3) is 0.286. The van der Waals surface area contributed by atoms with Crippen LogP contribution in [0.3, 0.4) is 0 Å². The topological polar surface area (TPSA) is 68.4 Å². The summed E-state index contributed by atoms with van der Waals surface area (Å²) >= 11 is 0. The van der Waals surface area contributed by atoms with Gasteiger partial charge in [-0.2, -0.15) is 0 Å². The minimum atomic E-state index is -0.671. The van der Waals surface area contributed by atoms with Crippen LogP contribution in [0.5, 0.6) is 0 Å². The highest BCUT2D eigenvalue weighted by atomic mass is 16.3. The van der Waals surface area contributed by atoms with E-state index in [9.17, 15) is 9.90 Å². The van der Waals surface area contributed by atoms with Gasteiger partial charge in [0, 0.05) is 17.3 Å². The molecule has 4 rings (SSSR count). The van der Waals surface area contributed by atoms with Crippen LogP contribution >= 0.6 is 0 Å². The largest absolute Gasteiger partial charge is 0.387 e. The number of fused-ring (bicyclic) bond motifs is 1. The summed E-state index contributed by atoms with van der Waals surface area (Å²) in [6.07, 6.45) is 1.33. The Labute approximate surface area is 152 Å². The summed E-state index contributed by atoms with van der Waals surface area (Å²) < 4.78 is 0. The van der Waals surface area contributed by atoms with Gasteiger partial charge in [-0.25, -0.2) is 4.79 Å². The van der Waals surface area contributed by atoms with Crippen LogP contribution < -0.4 is 5.32 Å². The van der Waals surface area contributed by atoms with Crippen LogP contribution in [0.1, 0.15) is 30.2 Å². The summed E-state index contributed by atoms with van der Waals surface area (Å²) in [5.74, 6) is 0. The number of hydrogen-bond acceptors (Lipinski definition) is 2. The van der Waals surface area contributed by atoms with Crippen molar-refractivity contribution < 1.29 is 9.90 Å². The Morgan fingerprint density at radius 2 is 1.88 bits per heavy atom. The standard InChI is InChI=1S/C21H23N3O2/c25-20(15-6-2-1-3-7-15)14-24(18-10-11-18)21(26)22-13-17-12-16-8-4-5-9-19(16)23-17/h1-9,12,18,20,23,25H,10-11,13-14H2,(H,22,26)/t20-/m1/s1. The third-order valence-corrected chi connectivity index (χ3v) is 4.82. The number of carbonyl (C=O) groups excluding carboxylic acids is 1. The maximum absolute atomic E-state index is 12.7. The van der Waals surface area contributed by atoms with Gasteiger partial charge in [0.15, 0.2) is 0 Å². The fourth-order valence-electron chi connectivity index (χ4n) is 3.25. The van der Waals surface area contributed by atoms with E-state index in [1.807, 2.05) is 54.6 Å². The number of aromatic amines is 1. The molecule has 0 bridgehead atoms. The Kier molecular flexibility index (Phi) is 4.63. The number of aliphatic hydroxyl groups excluding tert-OH is 1. The quantitative estimate of drug-likeness (QED) is 0.637. The van der Waals surface area contributed by atoms with Gasteiger partial charge < -0.3 is 20.3 Å². The zero-order valence-corrected chi connectivity index (χ0v) is 14.6. The highest BCUT2D eigenvalue weighted by Gasteiger charge is 2.34. The van der Waals surface area contributed by atoms with Gasteiger partial charge in [0.1, 0.15) is 0 Å². The van der Waals surface area contributed by atoms with Crippen LogP contribution in [0.15, 0.2) is 60.7 Å². The molecule has 0 aliphatic heterocycles. The van der Waals surface area contributed by atoms with Crippen molar-refractivity contribution in [3.8, 4) is 0 Å². The van der Waals surface area contributed by atoms with Crippen molar-refractivity contribution in [2.45, 2.75) is 31.5 Å². The molecule has 3 N–H and O–H groups in total. The average molecular weight is 349 g/mol. The first-order valence-corrected chi connectivity index (χ1v) is 9.05. The number of rotatable bonds is 6. The molecular formula is C21H23N3O2. The van der Waals surface area contributed by atoms with Crippen molar-refractivity contribution in [1.29, 1.82) is 0 Å². The zero-order valence-electron chi connectivity index (χ0n) is 14.6. The highest BCUT2D eigenvalue weighted by Crippen LogP contribution is 2.29. The van der Waals surface area contributed by atoms with Crippen molar-refractivity contribution in [3.63, 3.8) is 0 Å². The van der Waals surface area contributed by atoms with Gasteiger partial charge in [0.2, 0.25) is 0 Å². The molecule has 1 aromatic heterocycles. The second-order valence-corrected chi connectivity index (χ2v) is 6.85. The Hall–Kier alpha value is -2.79. The lowest BCUT2D eigenvalue weighted by atomic mass is 10.1. The molecule has 26 heavy (non-hydrogen) atoms. The molecular weight excluding hydrogens is 326 g/mol. The lowest BCUT2D eigenvalue weighted by Gasteiger charge is -2.25. The van der Waals surface area contributed by atoms with Crippen LogP contribution in [-0.4, -0.2) is 33.6 Å². The second kappa shape index (κ2) is 7.22. The number of benzene rings is 2. The van der Waals surface area contributed by atoms with Crippen LogP contribution in [0.2, 0.25) is 0 Å². The molecule has 5 nitrogen and oxygen atoms in total. The number of nitrogens with one attached hydrogen (secondary N) is 2. The molecule has 0 unspecified atom stereocenters. The molecule has 2 aromatic carbocycles. The monoisotopic (exact) mass is 349 g/mol. The van der Waals surface area contributed by atoms with Crippen molar-refractivity contribution in [2.24, 2.45) is 0 Å². The van der Waals surface area contributed by atoms with Gasteiger partial charge in [0.25, 0.3) is 0 Å². The normalized spacial score (nSPS) is 15.0. The Morgan fingerprint density at radius 3 is 2.62 bits per heavy atom. The van der Waals surface area contributed by atoms with Crippen LogP contribution in [0.4, 0.5) is 4.79 Å². The third-order valence-electron chi connectivity index (χ3n) is 4.82. The fourth-order valence-corrected chi connectivity index (χ4v) is 3.25. The van der Waals surface area contributed by atoms with E-state index >= 15 is 0 Å². The molecule has 0 spiro atoms. The van der Waals surface area contributed by atoms with E-state index in [1.54, 1.807) is 4.90 Å². The molecule has 134 valence electrons. The van der Waals surface area contributed by atoms with Crippen LogP contribution in [0, 0.1) is 0 Å². The van der Waals surface area contributed by atoms with Gasteiger partial charge >= 0.3 is 6.03 Å². The van der Waals surface area contributed by atoms with E-state index in [2.05, 4.69) is 16.4 Å². The predicted molar refractivity (Wildman–Crippen MR) is 102 cm³/mol. The molecule has 1 aliphatic carbocycles. The van der Waals surface area contributed by atoms with E-state index in [1.165, 1.54) is 0 Å². The molecule has 1 aliphatic rings. The summed E-state index contributed by atoms with van der Waals surface area (Å²) in [5, 5.41) is 14.6. The lowest BCUT2D eigenvalue weighted by molar-refractivity contribution is 0.117. The third kappa shape index (κ3) is 3.73. The summed E-state index contributed by atoms with van der Waals surface area (Å²) in [6.45, 7) is 0.755. The first-order chi connectivity index (χ1) is 12.7.